The number of aromatic nitrogens is 2. The van der Waals surface area contributed by atoms with Crippen LogP contribution in [0, 0.1) is 5.92 Å². The zero-order chi connectivity index (χ0) is 12.7. The Kier molecular flexibility index (Phi) is 2.92. The van der Waals surface area contributed by atoms with Crippen molar-refractivity contribution < 1.29 is 0 Å². The normalized spacial score (nSPS) is 20.9. The van der Waals surface area contributed by atoms with Crippen LogP contribution in [0.5, 0.6) is 0 Å². The number of nitrogens with zero attached hydrogens (tertiary/aromatic N) is 2. The Labute approximate surface area is 110 Å². The number of nitrogens with one attached hydrogen (secondary N) is 1. The van der Waals surface area contributed by atoms with E-state index in [9.17, 15) is 4.79 Å². The second kappa shape index (κ2) is 4.44. The van der Waals surface area contributed by atoms with Crippen molar-refractivity contribution in [2.75, 3.05) is 20.1 Å². The third-order valence-electron chi connectivity index (χ3n) is 3.67. The van der Waals surface area contributed by atoms with Gasteiger partial charge >= 0.3 is 5.69 Å². The number of likely N-dealkylation sites (tertiary alicyclic amines) is 1. The van der Waals surface area contributed by atoms with Gasteiger partial charge in [-0.05, 0) is 44.1 Å². The molecular weight excluding hydrogens is 250 g/mol. The van der Waals surface area contributed by atoms with Gasteiger partial charge in [0.05, 0.1) is 11.0 Å². The Balaban J connectivity index is 1.98. The van der Waals surface area contributed by atoms with Crippen molar-refractivity contribution in [1.29, 1.82) is 0 Å². The highest BCUT2D eigenvalue weighted by atomic mass is 35.5. The summed E-state index contributed by atoms with van der Waals surface area (Å²) in [4.78, 5) is 17.1. The number of halogens is 1. The third-order valence-corrected chi connectivity index (χ3v) is 3.90. The van der Waals surface area contributed by atoms with E-state index in [4.69, 9.17) is 11.6 Å². The summed E-state index contributed by atoms with van der Waals surface area (Å²) in [5.41, 5.74) is 1.72. The molecule has 0 amide bonds. The minimum Gasteiger partial charge on any atom is -0.306 e. The quantitative estimate of drug-likeness (QED) is 0.902. The molecule has 1 fully saturated rings. The van der Waals surface area contributed by atoms with Gasteiger partial charge < -0.3 is 9.88 Å². The van der Waals surface area contributed by atoms with Crippen LogP contribution < -0.4 is 5.69 Å². The van der Waals surface area contributed by atoms with Gasteiger partial charge in [-0.25, -0.2) is 4.79 Å². The van der Waals surface area contributed by atoms with E-state index < -0.39 is 0 Å². The minimum absolute atomic E-state index is 0.0400. The van der Waals surface area contributed by atoms with Gasteiger partial charge in [-0.2, -0.15) is 0 Å². The maximum Gasteiger partial charge on any atom is 0.326 e. The van der Waals surface area contributed by atoms with E-state index in [1.54, 1.807) is 6.07 Å². The van der Waals surface area contributed by atoms with Gasteiger partial charge in [-0.15, -0.1) is 0 Å². The van der Waals surface area contributed by atoms with Gasteiger partial charge in [-0.1, -0.05) is 11.6 Å². The van der Waals surface area contributed by atoms with Gasteiger partial charge in [-0.3, -0.25) is 4.57 Å². The molecule has 18 heavy (non-hydrogen) atoms. The monoisotopic (exact) mass is 265 g/mol. The number of aromatic amines is 1. The summed E-state index contributed by atoms with van der Waals surface area (Å²) in [5.74, 6) is 0.547. The average molecular weight is 266 g/mol. The van der Waals surface area contributed by atoms with E-state index in [0.29, 0.717) is 10.9 Å². The van der Waals surface area contributed by atoms with Crippen LogP contribution in [-0.4, -0.2) is 34.6 Å². The minimum atomic E-state index is -0.0400. The first-order chi connectivity index (χ1) is 8.63. The zero-order valence-corrected chi connectivity index (χ0v) is 11.1. The molecule has 96 valence electrons. The van der Waals surface area contributed by atoms with Gasteiger partial charge in [0.2, 0.25) is 0 Å². The Hall–Kier alpha value is -1.26. The highest BCUT2D eigenvalue weighted by Gasteiger charge is 2.21. The largest absolute Gasteiger partial charge is 0.326 e. The van der Waals surface area contributed by atoms with Crippen LogP contribution in [0.25, 0.3) is 11.0 Å². The van der Waals surface area contributed by atoms with Crippen LogP contribution >= 0.6 is 11.6 Å². The van der Waals surface area contributed by atoms with E-state index in [1.165, 1.54) is 0 Å². The van der Waals surface area contributed by atoms with Crippen molar-refractivity contribution >= 4 is 22.6 Å². The predicted molar refractivity (Wildman–Crippen MR) is 73.2 cm³/mol. The van der Waals surface area contributed by atoms with Gasteiger partial charge in [0.25, 0.3) is 0 Å². The molecule has 1 N–H and O–H groups in total. The molecule has 1 atom stereocenters. The van der Waals surface area contributed by atoms with Crippen molar-refractivity contribution in [3.05, 3.63) is 33.7 Å². The molecule has 2 aromatic rings. The molecule has 2 heterocycles. The third kappa shape index (κ3) is 2.06. The second-order valence-electron chi connectivity index (χ2n) is 5.12. The molecule has 1 aliphatic rings. The Morgan fingerprint density at radius 3 is 3.06 bits per heavy atom. The van der Waals surface area contributed by atoms with Gasteiger partial charge in [0.15, 0.2) is 0 Å². The summed E-state index contributed by atoms with van der Waals surface area (Å²) in [6, 6.07) is 5.51. The van der Waals surface area contributed by atoms with Crippen molar-refractivity contribution in [3.63, 3.8) is 0 Å². The maximum absolute atomic E-state index is 12.0. The van der Waals surface area contributed by atoms with Crippen LogP contribution in [-0.2, 0) is 6.54 Å². The molecule has 0 bridgehead atoms. The first-order valence-electron chi connectivity index (χ1n) is 6.20. The molecular formula is C13H16ClN3O. The summed E-state index contributed by atoms with van der Waals surface area (Å²) in [6.07, 6.45) is 1.15. The molecule has 1 unspecified atom stereocenters. The van der Waals surface area contributed by atoms with E-state index in [1.807, 2.05) is 16.7 Å². The molecule has 1 saturated heterocycles. The number of hydrogen-bond acceptors (Lipinski definition) is 2. The zero-order valence-electron chi connectivity index (χ0n) is 10.3. The molecule has 1 aliphatic heterocycles. The van der Waals surface area contributed by atoms with E-state index in [0.717, 1.165) is 37.1 Å². The van der Waals surface area contributed by atoms with E-state index in [2.05, 4.69) is 16.9 Å². The number of fused-ring (bicyclic) bond motifs is 1. The molecule has 0 aliphatic carbocycles. The number of imidazole rings is 1. The number of benzene rings is 1. The standard InChI is InChI=1S/C13H16ClN3O/c1-16-5-4-9(7-16)8-17-12-6-10(14)2-3-11(12)15-13(17)18/h2-3,6,9H,4-5,7-8H2,1H3,(H,15,18). The van der Waals surface area contributed by atoms with E-state index >= 15 is 0 Å². The fourth-order valence-electron chi connectivity index (χ4n) is 2.74. The van der Waals surface area contributed by atoms with Crippen LogP contribution in [0.2, 0.25) is 5.02 Å². The fourth-order valence-corrected chi connectivity index (χ4v) is 2.91. The van der Waals surface area contributed by atoms with Gasteiger partial charge in [0, 0.05) is 18.1 Å². The maximum atomic E-state index is 12.0. The molecule has 3 rings (SSSR count). The van der Waals surface area contributed by atoms with Crippen molar-refractivity contribution in [3.8, 4) is 0 Å². The highest BCUT2D eigenvalue weighted by Crippen LogP contribution is 2.20. The van der Waals surface area contributed by atoms with Crippen LogP contribution in [0.3, 0.4) is 0 Å². The summed E-state index contributed by atoms with van der Waals surface area (Å²) in [7, 11) is 2.12. The molecule has 0 radical (unpaired) electrons. The smallest absolute Gasteiger partial charge is 0.306 e. The van der Waals surface area contributed by atoms with Crippen LogP contribution in [0.4, 0.5) is 0 Å². The second-order valence-corrected chi connectivity index (χ2v) is 5.56. The molecule has 4 nitrogen and oxygen atoms in total. The van der Waals surface area contributed by atoms with E-state index in [-0.39, 0.29) is 5.69 Å². The summed E-state index contributed by atoms with van der Waals surface area (Å²) >= 11 is 6.00. The first kappa shape index (κ1) is 11.8. The molecule has 1 aromatic heterocycles. The SMILES string of the molecule is CN1CCC(Cn2c(=O)[nH]c3ccc(Cl)cc32)C1. The summed E-state index contributed by atoms with van der Waals surface area (Å²) in [6.45, 7) is 2.94. The lowest BCUT2D eigenvalue weighted by Crippen LogP contribution is -2.23. The Morgan fingerprint density at radius 1 is 1.50 bits per heavy atom. The van der Waals surface area contributed by atoms with Crippen molar-refractivity contribution in [2.45, 2.75) is 13.0 Å². The van der Waals surface area contributed by atoms with Gasteiger partial charge in [0.1, 0.15) is 0 Å². The topological polar surface area (TPSA) is 41.0 Å². The van der Waals surface area contributed by atoms with Crippen molar-refractivity contribution in [2.24, 2.45) is 5.92 Å². The molecule has 5 heteroatoms. The fraction of sp³-hybridized carbons (Fsp3) is 0.462. The lowest BCUT2D eigenvalue weighted by Gasteiger charge is -2.11. The predicted octanol–water partition coefficient (Wildman–Crippen LogP) is 1.93. The lowest BCUT2D eigenvalue weighted by atomic mass is 10.1. The number of H-pyrrole nitrogens is 1. The van der Waals surface area contributed by atoms with Crippen LogP contribution in [0.15, 0.2) is 23.0 Å². The summed E-state index contributed by atoms with van der Waals surface area (Å²) in [5, 5.41) is 0.666. The lowest BCUT2D eigenvalue weighted by molar-refractivity contribution is 0.378. The van der Waals surface area contributed by atoms with Crippen molar-refractivity contribution in [1.82, 2.24) is 14.5 Å². The molecule has 1 aromatic carbocycles. The average Bonchev–Trinajstić information content (AvgIpc) is 2.86. The summed E-state index contributed by atoms with van der Waals surface area (Å²) < 4.78 is 1.81. The first-order valence-corrected chi connectivity index (χ1v) is 6.58. The Bertz CT molecular complexity index is 631. The Morgan fingerprint density at radius 2 is 2.33 bits per heavy atom. The van der Waals surface area contributed by atoms with Crippen LogP contribution in [0.1, 0.15) is 6.42 Å². The number of rotatable bonds is 2. The highest BCUT2D eigenvalue weighted by molar-refractivity contribution is 6.31. The number of hydrogen-bond donors (Lipinski definition) is 1. The molecule has 0 spiro atoms. The molecule has 0 saturated carbocycles.